The molecule has 1 fully saturated rings. The van der Waals surface area contributed by atoms with Gasteiger partial charge in [-0.15, -0.1) is 0 Å². The van der Waals surface area contributed by atoms with Crippen LogP contribution in [0, 0.1) is 0 Å². The molecule has 1 amide bonds. The quantitative estimate of drug-likeness (QED) is 0.884. The SMILES string of the molecule is Nc1nc2ccc(C(=O)N3CCCC[C@H]3C(=O)O)cc2s1. The highest BCUT2D eigenvalue weighted by Gasteiger charge is 2.32. The van der Waals surface area contributed by atoms with Crippen LogP contribution in [0.4, 0.5) is 5.13 Å². The van der Waals surface area contributed by atoms with Crippen LogP contribution in [0.2, 0.25) is 0 Å². The summed E-state index contributed by atoms with van der Waals surface area (Å²) in [7, 11) is 0. The van der Waals surface area contributed by atoms with Crippen LogP contribution in [0.15, 0.2) is 18.2 Å². The average Bonchev–Trinajstić information content (AvgIpc) is 2.85. The van der Waals surface area contributed by atoms with Gasteiger partial charge in [-0.05, 0) is 37.5 Å². The number of fused-ring (bicyclic) bond motifs is 1. The van der Waals surface area contributed by atoms with E-state index in [4.69, 9.17) is 5.73 Å². The molecule has 1 aromatic heterocycles. The van der Waals surface area contributed by atoms with Gasteiger partial charge in [-0.25, -0.2) is 9.78 Å². The molecule has 0 bridgehead atoms. The van der Waals surface area contributed by atoms with Crippen molar-refractivity contribution >= 4 is 38.6 Å². The zero-order valence-electron chi connectivity index (χ0n) is 11.3. The highest BCUT2D eigenvalue weighted by atomic mass is 32.1. The summed E-state index contributed by atoms with van der Waals surface area (Å²) in [5, 5.41) is 9.72. The highest BCUT2D eigenvalue weighted by Crippen LogP contribution is 2.26. The Morgan fingerprint density at radius 2 is 2.19 bits per heavy atom. The third-order valence-corrected chi connectivity index (χ3v) is 4.55. The Bertz CT molecular complexity index is 713. The average molecular weight is 305 g/mol. The number of nitrogens with two attached hydrogens (primary N) is 1. The molecule has 2 heterocycles. The summed E-state index contributed by atoms with van der Waals surface area (Å²) < 4.78 is 0.835. The molecule has 1 aliphatic rings. The molecule has 1 atom stereocenters. The standard InChI is InChI=1S/C14H15N3O3S/c15-14-16-9-5-4-8(7-11(9)21-14)12(18)17-6-2-1-3-10(17)13(19)20/h4-5,7,10H,1-3,6H2,(H2,15,16)(H,19,20)/t10-/m0/s1. The molecule has 0 aliphatic carbocycles. The monoisotopic (exact) mass is 305 g/mol. The van der Waals surface area contributed by atoms with E-state index in [-0.39, 0.29) is 5.91 Å². The second-order valence-corrected chi connectivity index (χ2v) is 6.15. The van der Waals surface area contributed by atoms with Crippen molar-refractivity contribution in [3.63, 3.8) is 0 Å². The maximum atomic E-state index is 12.6. The fourth-order valence-electron chi connectivity index (χ4n) is 2.67. The Morgan fingerprint density at radius 1 is 1.38 bits per heavy atom. The van der Waals surface area contributed by atoms with Crippen molar-refractivity contribution in [2.24, 2.45) is 0 Å². The molecule has 0 radical (unpaired) electrons. The Kier molecular flexibility index (Phi) is 3.50. The lowest BCUT2D eigenvalue weighted by atomic mass is 10.0. The van der Waals surface area contributed by atoms with Gasteiger partial charge in [0.1, 0.15) is 6.04 Å². The van der Waals surface area contributed by atoms with Crippen LogP contribution < -0.4 is 5.73 Å². The van der Waals surface area contributed by atoms with E-state index in [0.717, 1.165) is 23.1 Å². The Hall–Kier alpha value is -2.15. The summed E-state index contributed by atoms with van der Waals surface area (Å²) in [6.45, 7) is 0.485. The third-order valence-electron chi connectivity index (χ3n) is 3.70. The number of anilines is 1. The van der Waals surface area contributed by atoms with E-state index >= 15 is 0 Å². The first-order chi connectivity index (χ1) is 10.1. The van der Waals surface area contributed by atoms with Crippen LogP contribution in [-0.4, -0.2) is 39.5 Å². The molecule has 3 rings (SSSR count). The van der Waals surface area contributed by atoms with Crippen molar-refractivity contribution < 1.29 is 14.7 Å². The molecule has 2 aromatic rings. The van der Waals surface area contributed by atoms with Gasteiger partial charge < -0.3 is 15.7 Å². The number of carboxylic acid groups (broad SMARTS) is 1. The Morgan fingerprint density at radius 3 is 2.95 bits per heavy atom. The molecule has 1 saturated heterocycles. The lowest BCUT2D eigenvalue weighted by molar-refractivity contribution is -0.143. The smallest absolute Gasteiger partial charge is 0.326 e. The summed E-state index contributed by atoms with van der Waals surface area (Å²) in [5.74, 6) is -1.18. The van der Waals surface area contributed by atoms with Crippen LogP contribution in [0.25, 0.3) is 10.2 Å². The minimum atomic E-state index is -0.939. The van der Waals surface area contributed by atoms with Gasteiger partial charge in [0.15, 0.2) is 5.13 Å². The molecule has 21 heavy (non-hydrogen) atoms. The number of amides is 1. The predicted molar refractivity (Wildman–Crippen MR) is 80.3 cm³/mol. The minimum absolute atomic E-state index is 0.240. The van der Waals surface area contributed by atoms with Gasteiger partial charge >= 0.3 is 5.97 Å². The number of thiazole rings is 1. The summed E-state index contributed by atoms with van der Waals surface area (Å²) in [5.41, 5.74) is 6.89. The molecule has 110 valence electrons. The zero-order valence-corrected chi connectivity index (χ0v) is 12.1. The summed E-state index contributed by atoms with van der Waals surface area (Å²) in [6, 6.07) is 4.43. The molecule has 3 N–H and O–H groups in total. The van der Waals surface area contributed by atoms with E-state index < -0.39 is 12.0 Å². The maximum absolute atomic E-state index is 12.6. The van der Waals surface area contributed by atoms with Crippen LogP contribution >= 0.6 is 11.3 Å². The Labute approximate surface area is 125 Å². The van der Waals surface area contributed by atoms with E-state index in [1.165, 1.54) is 16.2 Å². The maximum Gasteiger partial charge on any atom is 0.326 e. The van der Waals surface area contributed by atoms with Crippen LogP contribution in [0.1, 0.15) is 29.6 Å². The molecule has 0 saturated carbocycles. The topological polar surface area (TPSA) is 96.5 Å². The van der Waals surface area contributed by atoms with E-state index in [1.807, 2.05) is 0 Å². The minimum Gasteiger partial charge on any atom is -0.480 e. The number of aromatic nitrogens is 1. The number of rotatable bonds is 2. The number of nitrogen functional groups attached to an aromatic ring is 1. The number of benzene rings is 1. The van der Waals surface area contributed by atoms with Crippen molar-refractivity contribution in [2.45, 2.75) is 25.3 Å². The number of piperidine rings is 1. The number of carbonyl (C=O) groups is 2. The van der Waals surface area contributed by atoms with Gasteiger partial charge in [0.25, 0.3) is 5.91 Å². The lowest BCUT2D eigenvalue weighted by Crippen LogP contribution is -2.47. The first-order valence-electron chi connectivity index (χ1n) is 6.76. The number of carboxylic acids is 1. The molecule has 0 unspecified atom stereocenters. The highest BCUT2D eigenvalue weighted by molar-refractivity contribution is 7.22. The second-order valence-electron chi connectivity index (χ2n) is 5.08. The molecule has 1 aliphatic heterocycles. The fourth-order valence-corrected chi connectivity index (χ4v) is 3.45. The Balaban J connectivity index is 1.92. The largest absolute Gasteiger partial charge is 0.480 e. The summed E-state index contributed by atoms with van der Waals surface area (Å²) in [6.07, 6.45) is 2.19. The van der Waals surface area contributed by atoms with E-state index in [1.54, 1.807) is 18.2 Å². The van der Waals surface area contributed by atoms with Gasteiger partial charge in [-0.3, -0.25) is 4.79 Å². The van der Waals surface area contributed by atoms with Crippen molar-refractivity contribution in [3.05, 3.63) is 23.8 Å². The van der Waals surface area contributed by atoms with E-state index in [0.29, 0.717) is 23.7 Å². The molecular weight excluding hydrogens is 290 g/mol. The van der Waals surface area contributed by atoms with Crippen molar-refractivity contribution in [1.82, 2.24) is 9.88 Å². The number of carbonyl (C=O) groups excluding carboxylic acids is 1. The van der Waals surface area contributed by atoms with Crippen LogP contribution in [0.3, 0.4) is 0 Å². The van der Waals surface area contributed by atoms with Crippen LogP contribution in [-0.2, 0) is 4.79 Å². The van der Waals surface area contributed by atoms with E-state index in [2.05, 4.69) is 4.98 Å². The number of nitrogens with zero attached hydrogens (tertiary/aromatic N) is 2. The lowest BCUT2D eigenvalue weighted by Gasteiger charge is -2.33. The fraction of sp³-hybridized carbons (Fsp3) is 0.357. The van der Waals surface area contributed by atoms with Gasteiger partial charge in [0.2, 0.25) is 0 Å². The molecule has 0 spiro atoms. The first kappa shape index (κ1) is 13.8. The summed E-state index contributed by atoms with van der Waals surface area (Å²) in [4.78, 5) is 29.5. The van der Waals surface area contributed by atoms with Crippen molar-refractivity contribution in [1.29, 1.82) is 0 Å². The number of aliphatic carboxylic acids is 1. The molecular formula is C14H15N3O3S. The number of hydrogen-bond donors (Lipinski definition) is 2. The van der Waals surface area contributed by atoms with Crippen molar-refractivity contribution in [2.75, 3.05) is 12.3 Å². The van der Waals surface area contributed by atoms with Gasteiger partial charge in [0, 0.05) is 12.1 Å². The predicted octanol–water partition coefficient (Wildman–Crippen LogP) is 1.96. The third kappa shape index (κ3) is 2.56. The summed E-state index contributed by atoms with van der Waals surface area (Å²) >= 11 is 1.32. The molecule has 1 aromatic carbocycles. The van der Waals surface area contributed by atoms with Gasteiger partial charge in [-0.2, -0.15) is 0 Å². The normalized spacial score (nSPS) is 18.9. The van der Waals surface area contributed by atoms with Gasteiger partial charge in [-0.1, -0.05) is 11.3 Å². The molecule has 7 heteroatoms. The van der Waals surface area contributed by atoms with Crippen molar-refractivity contribution in [3.8, 4) is 0 Å². The van der Waals surface area contributed by atoms with Crippen LogP contribution in [0.5, 0.6) is 0 Å². The molecule has 6 nitrogen and oxygen atoms in total. The van der Waals surface area contributed by atoms with E-state index in [9.17, 15) is 14.7 Å². The second kappa shape index (κ2) is 5.33. The number of hydrogen-bond acceptors (Lipinski definition) is 5. The van der Waals surface area contributed by atoms with Gasteiger partial charge in [0.05, 0.1) is 10.2 Å². The first-order valence-corrected chi connectivity index (χ1v) is 7.58. The zero-order chi connectivity index (χ0) is 15.0. The number of likely N-dealkylation sites (tertiary alicyclic amines) is 1.